The molecule has 0 fully saturated rings. The van der Waals surface area contributed by atoms with Crippen molar-refractivity contribution in [3.8, 4) is 0 Å². The highest BCUT2D eigenvalue weighted by atomic mass is 127. The highest BCUT2D eigenvalue weighted by Crippen LogP contribution is 2.23. The predicted molar refractivity (Wildman–Crippen MR) is 112 cm³/mol. The monoisotopic (exact) mass is 464 g/mol. The molecule has 0 unspecified atom stereocenters. The maximum atomic E-state index is 4.68. The van der Waals surface area contributed by atoms with Crippen LogP contribution in [0.15, 0.2) is 27.9 Å². The predicted octanol–water partition coefficient (Wildman–Crippen LogP) is 4.03. The van der Waals surface area contributed by atoms with E-state index in [1.807, 2.05) is 0 Å². The van der Waals surface area contributed by atoms with E-state index in [0.29, 0.717) is 6.54 Å². The molecule has 0 amide bonds. The van der Waals surface area contributed by atoms with Crippen LogP contribution in [0.25, 0.3) is 0 Å². The standard InChI is InChI=1S/C16H24N4S2.HI/c1-16(2,3)13-11-22-14(20-13)10-19-15(17-4)18-8-7-12-6-5-9-21-12;/h5-6,9,11H,7-8,10H2,1-4H3,(H2,17,18,19);1H. The van der Waals surface area contributed by atoms with Gasteiger partial charge in [-0.15, -0.1) is 46.7 Å². The lowest BCUT2D eigenvalue weighted by molar-refractivity contribution is 0.570. The summed E-state index contributed by atoms with van der Waals surface area (Å²) in [5, 5.41) is 12.0. The lowest BCUT2D eigenvalue weighted by Crippen LogP contribution is -2.37. The van der Waals surface area contributed by atoms with Crippen molar-refractivity contribution >= 4 is 52.6 Å². The van der Waals surface area contributed by atoms with Crippen LogP contribution >= 0.6 is 46.7 Å². The molecule has 0 aromatic carbocycles. The van der Waals surface area contributed by atoms with Gasteiger partial charge in [0.05, 0.1) is 12.2 Å². The largest absolute Gasteiger partial charge is 0.356 e. The van der Waals surface area contributed by atoms with Gasteiger partial charge in [-0.1, -0.05) is 26.8 Å². The van der Waals surface area contributed by atoms with Gasteiger partial charge in [-0.25, -0.2) is 4.98 Å². The number of aliphatic imine (C=N–C) groups is 1. The van der Waals surface area contributed by atoms with Crippen LogP contribution in [-0.2, 0) is 18.4 Å². The minimum atomic E-state index is 0. The molecule has 2 aromatic rings. The Morgan fingerprint density at radius 3 is 2.61 bits per heavy atom. The van der Waals surface area contributed by atoms with Crippen molar-refractivity contribution in [1.82, 2.24) is 15.6 Å². The third-order valence-electron chi connectivity index (χ3n) is 3.19. The van der Waals surface area contributed by atoms with E-state index in [1.54, 1.807) is 29.7 Å². The third-order valence-corrected chi connectivity index (χ3v) is 4.98. The molecule has 0 saturated heterocycles. The van der Waals surface area contributed by atoms with Crippen molar-refractivity contribution in [2.45, 2.75) is 39.2 Å². The summed E-state index contributed by atoms with van der Waals surface area (Å²) >= 11 is 3.48. The number of halogens is 1. The summed E-state index contributed by atoms with van der Waals surface area (Å²) in [6.45, 7) is 8.14. The minimum Gasteiger partial charge on any atom is -0.356 e. The normalized spacial score (nSPS) is 11.9. The Balaban J connectivity index is 0.00000264. The maximum absolute atomic E-state index is 4.68. The number of thiophene rings is 1. The molecule has 4 nitrogen and oxygen atoms in total. The van der Waals surface area contributed by atoms with E-state index in [4.69, 9.17) is 0 Å². The average Bonchev–Trinajstić information content (AvgIpc) is 3.13. The smallest absolute Gasteiger partial charge is 0.191 e. The van der Waals surface area contributed by atoms with Gasteiger partial charge in [0, 0.05) is 29.3 Å². The average molecular weight is 464 g/mol. The molecule has 2 N–H and O–H groups in total. The van der Waals surface area contributed by atoms with Crippen molar-refractivity contribution in [3.05, 3.63) is 38.5 Å². The highest BCUT2D eigenvalue weighted by Gasteiger charge is 2.17. The number of hydrogen-bond acceptors (Lipinski definition) is 4. The fourth-order valence-corrected chi connectivity index (χ4v) is 3.54. The summed E-state index contributed by atoms with van der Waals surface area (Å²) in [5.41, 5.74) is 1.25. The maximum Gasteiger partial charge on any atom is 0.191 e. The van der Waals surface area contributed by atoms with E-state index < -0.39 is 0 Å². The van der Waals surface area contributed by atoms with Crippen molar-refractivity contribution in [2.75, 3.05) is 13.6 Å². The van der Waals surface area contributed by atoms with E-state index in [-0.39, 0.29) is 29.4 Å². The van der Waals surface area contributed by atoms with Gasteiger partial charge in [0.25, 0.3) is 0 Å². The fourth-order valence-electron chi connectivity index (χ4n) is 1.88. The van der Waals surface area contributed by atoms with E-state index in [9.17, 15) is 0 Å². The SMILES string of the molecule is CN=C(NCCc1cccs1)NCc1nc(C(C)(C)C)cs1.I. The second-order valence-electron chi connectivity index (χ2n) is 6.06. The zero-order chi connectivity index (χ0) is 16.0. The van der Waals surface area contributed by atoms with Crippen molar-refractivity contribution in [1.29, 1.82) is 0 Å². The van der Waals surface area contributed by atoms with Crippen molar-refractivity contribution < 1.29 is 0 Å². The topological polar surface area (TPSA) is 49.3 Å². The number of hydrogen-bond donors (Lipinski definition) is 2. The van der Waals surface area contributed by atoms with Gasteiger partial charge in [0.1, 0.15) is 5.01 Å². The van der Waals surface area contributed by atoms with Crippen LogP contribution in [-0.4, -0.2) is 24.5 Å². The van der Waals surface area contributed by atoms with E-state index in [1.165, 1.54) is 4.88 Å². The van der Waals surface area contributed by atoms with Gasteiger partial charge < -0.3 is 10.6 Å². The molecule has 0 saturated carbocycles. The summed E-state index contributed by atoms with van der Waals surface area (Å²) in [6.07, 6.45) is 1.02. The minimum absolute atomic E-state index is 0. The Morgan fingerprint density at radius 2 is 2.04 bits per heavy atom. The molecule has 0 aliphatic heterocycles. The molecule has 0 atom stereocenters. The Bertz CT molecular complexity index is 600. The van der Waals surface area contributed by atoms with Gasteiger partial charge in [0.2, 0.25) is 0 Å². The van der Waals surface area contributed by atoms with Crippen LogP contribution in [0.5, 0.6) is 0 Å². The molecule has 2 aromatic heterocycles. The Kier molecular flexibility index (Phi) is 8.49. The number of aromatic nitrogens is 1. The number of nitrogens with one attached hydrogen (secondary N) is 2. The van der Waals surface area contributed by atoms with E-state index in [2.05, 4.69) is 64.3 Å². The Morgan fingerprint density at radius 1 is 1.26 bits per heavy atom. The molecule has 0 radical (unpaired) electrons. The first-order valence-corrected chi connectivity index (χ1v) is 9.17. The quantitative estimate of drug-likeness (QED) is 0.399. The molecule has 2 heterocycles. The van der Waals surface area contributed by atoms with Gasteiger partial charge in [-0.3, -0.25) is 4.99 Å². The van der Waals surface area contributed by atoms with Crippen molar-refractivity contribution in [3.63, 3.8) is 0 Å². The first kappa shape index (κ1) is 20.4. The third kappa shape index (κ3) is 6.76. The summed E-state index contributed by atoms with van der Waals surface area (Å²) in [4.78, 5) is 10.3. The molecule has 7 heteroatoms. The van der Waals surface area contributed by atoms with Gasteiger partial charge in [-0.2, -0.15) is 0 Å². The Hall–Kier alpha value is -0.670. The molecular formula is C16H25IN4S2. The van der Waals surface area contributed by atoms with Crippen LogP contribution in [0.3, 0.4) is 0 Å². The van der Waals surface area contributed by atoms with Gasteiger partial charge in [-0.05, 0) is 17.9 Å². The molecule has 0 bridgehead atoms. The van der Waals surface area contributed by atoms with Crippen molar-refractivity contribution in [2.24, 2.45) is 4.99 Å². The molecule has 0 aliphatic carbocycles. The molecule has 0 aliphatic rings. The number of thiazole rings is 1. The van der Waals surface area contributed by atoms with Gasteiger partial charge in [0.15, 0.2) is 5.96 Å². The number of guanidine groups is 1. The molecular weight excluding hydrogens is 439 g/mol. The summed E-state index contributed by atoms with van der Waals surface area (Å²) < 4.78 is 0. The van der Waals surface area contributed by atoms with Crippen LogP contribution < -0.4 is 10.6 Å². The summed E-state index contributed by atoms with van der Waals surface area (Å²) in [5.74, 6) is 0.823. The lowest BCUT2D eigenvalue weighted by atomic mass is 9.93. The first-order chi connectivity index (χ1) is 10.5. The van der Waals surface area contributed by atoms with E-state index >= 15 is 0 Å². The van der Waals surface area contributed by atoms with Crippen LogP contribution in [0.4, 0.5) is 0 Å². The molecule has 2 rings (SSSR count). The van der Waals surface area contributed by atoms with Crippen LogP contribution in [0, 0.1) is 0 Å². The molecule has 0 spiro atoms. The summed E-state index contributed by atoms with van der Waals surface area (Å²) in [6, 6.07) is 4.24. The van der Waals surface area contributed by atoms with Crippen LogP contribution in [0.2, 0.25) is 0 Å². The lowest BCUT2D eigenvalue weighted by Gasteiger charge is -2.14. The van der Waals surface area contributed by atoms with Gasteiger partial charge >= 0.3 is 0 Å². The number of rotatable bonds is 5. The van der Waals surface area contributed by atoms with Crippen LogP contribution in [0.1, 0.15) is 36.3 Å². The van der Waals surface area contributed by atoms with E-state index in [0.717, 1.165) is 29.6 Å². The molecule has 128 valence electrons. The second kappa shape index (κ2) is 9.58. The molecule has 23 heavy (non-hydrogen) atoms. The zero-order valence-corrected chi connectivity index (χ0v) is 18.0. The zero-order valence-electron chi connectivity index (χ0n) is 14.0. The fraction of sp³-hybridized carbons (Fsp3) is 0.500. The second-order valence-corrected chi connectivity index (χ2v) is 8.03. The highest BCUT2D eigenvalue weighted by molar-refractivity contribution is 14.0. The number of nitrogens with zero attached hydrogens (tertiary/aromatic N) is 2. The Labute approximate surface area is 163 Å². The summed E-state index contributed by atoms with van der Waals surface area (Å²) in [7, 11) is 1.79. The first-order valence-electron chi connectivity index (χ1n) is 7.41.